The zero-order valence-corrected chi connectivity index (χ0v) is 13.4. The highest BCUT2D eigenvalue weighted by atomic mass is 32.2. The monoisotopic (exact) mass is 311 g/mol. The number of aromatic nitrogens is 3. The van der Waals surface area contributed by atoms with Crippen LogP contribution in [-0.4, -0.2) is 14.5 Å². The molecule has 1 aromatic carbocycles. The number of hydrogen-bond donors (Lipinski definition) is 0. The summed E-state index contributed by atoms with van der Waals surface area (Å²) in [7, 11) is 0. The van der Waals surface area contributed by atoms with Crippen LogP contribution in [0.2, 0.25) is 0 Å². The molecule has 3 rings (SSSR count). The normalized spacial score (nSPS) is 11.2. The molecule has 0 saturated heterocycles. The summed E-state index contributed by atoms with van der Waals surface area (Å²) in [6.45, 7) is 4.01. The van der Waals surface area contributed by atoms with Gasteiger partial charge in [-0.2, -0.15) is 0 Å². The molecule has 0 spiro atoms. The molecule has 0 N–H and O–H groups in total. The van der Waals surface area contributed by atoms with E-state index < -0.39 is 0 Å². The minimum absolute atomic E-state index is 0.0225. The van der Waals surface area contributed by atoms with Gasteiger partial charge in [-0.3, -0.25) is 14.3 Å². The van der Waals surface area contributed by atoms with Crippen LogP contribution in [0.1, 0.15) is 25.5 Å². The standard InChI is InChI=1S/C17H17N3OS/c1-12(2)20-16(21)14-7-3-4-8-15(14)19-17(20)22-11-13-6-5-9-18-10-13/h3-10,12H,11H2,1-2H3. The van der Waals surface area contributed by atoms with Crippen molar-refractivity contribution in [3.8, 4) is 0 Å². The molecule has 0 amide bonds. The summed E-state index contributed by atoms with van der Waals surface area (Å²) in [5.41, 5.74) is 1.89. The first-order chi connectivity index (χ1) is 10.7. The van der Waals surface area contributed by atoms with Crippen molar-refractivity contribution in [1.82, 2.24) is 14.5 Å². The van der Waals surface area contributed by atoms with Crippen LogP contribution in [0.3, 0.4) is 0 Å². The number of pyridine rings is 1. The zero-order valence-electron chi connectivity index (χ0n) is 12.6. The van der Waals surface area contributed by atoms with Gasteiger partial charge in [0.05, 0.1) is 10.9 Å². The molecule has 2 heterocycles. The van der Waals surface area contributed by atoms with Crippen LogP contribution in [0.15, 0.2) is 58.7 Å². The Kier molecular flexibility index (Phi) is 4.24. The van der Waals surface area contributed by atoms with Gasteiger partial charge in [0.15, 0.2) is 5.16 Å². The zero-order chi connectivity index (χ0) is 15.5. The first-order valence-corrected chi connectivity index (χ1v) is 8.18. The lowest BCUT2D eigenvalue weighted by molar-refractivity contribution is 0.519. The maximum absolute atomic E-state index is 12.7. The molecular formula is C17H17N3OS. The molecule has 112 valence electrons. The Labute approximate surface area is 133 Å². The molecule has 0 aliphatic heterocycles. The third kappa shape index (κ3) is 2.90. The minimum atomic E-state index is 0.0225. The fraction of sp³-hybridized carbons (Fsp3) is 0.235. The molecule has 3 aromatic rings. The van der Waals surface area contributed by atoms with E-state index in [4.69, 9.17) is 0 Å². The molecule has 0 unspecified atom stereocenters. The number of thioether (sulfide) groups is 1. The first kappa shape index (κ1) is 14.8. The van der Waals surface area contributed by atoms with Crippen LogP contribution in [0, 0.1) is 0 Å². The van der Waals surface area contributed by atoms with Crippen LogP contribution >= 0.6 is 11.8 Å². The number of benzene rings is 1. The predicted octanol–water partition coefficient (Wildman–Crippen LogP) is 3.66. The van der Waals surface area contributed by atoms with Gasteiger partial charge in [0, 0.05) is 24.2 Å². The number of para-hydroxylation sites is 1. The van der Waals surface area contributed by atoms with E-state index >= 15 is 0 Å². The summed E-state index contributed by atoms with van der Waals surface area (Å²) in [5.74, 6) is 0.741. The highest BCUT2D eigenvalue weighted by Gasteiger charge is 2.13. The van der Waals surface area contributed by atoms with Gasteiger partial charge in [0.1, 0.15) is 0 Å². The Morgan fingerprint density at radius 2 is 2.00 bits per heavy atom. The van der Waals surface area contributed by atoms with Crippen molar-refractivity contribution < 1.29 is 0 Å². The van der Waals surface area contributed by atoms with Gasteiger partial charge in [-0.25, -0.2) is 4.98 Å². The number of hydrogen-bond acceptors (Lipinski definition) is 4. The summed E-state index contributed by atoms with van der Waals surface area (Å²) in [5, 5.41) is 1.42. The summed E-state index contributed by atoms with van der Waals surface area (Å²) in [4.78, 5) is 21.5. The lowest BCUT2D eigenvalue weighted by atomic mass is 10.2. The SMILES string of the molecule is CC(C)n1c(SCc2cccnc2)nc2ccccc2c1=O. The van der Waals surface area contributed by atoms with Gasteiger partial charge in [0.2, 0.25) is 0 Å². The fourth-order valence-corrected chi connectivity index (χ4v) is 3.38. The van der Waals surface area contributed by atoms with Gasteiger partial charge < -0.3 is 0 Å². The highest BCUT2D eigenvalue weighted by molar-refractivity contribution is 7.98. The van der Waals surface area contributed by atoms with Gasteiger partial charge in [0.25, 0.3) is 5.56 Å². The number of rotatable bonds is 4. The maximum Gasteiger partial charge on any atom is 0.262 e. The molecule has 2 aromatic heterocycles. The highest BCUT2D eigenvalue weighted by Crippen LogP contribution is 2.23. The van der Waals surface area contributed by atoms with E-state index in [1.807, 2.05) is 56.4 Å². The fourth-order valence-electron chi connectivity index (χ4n) is 2.31. The van der Waals surface area contributed by atoms with Crippen LogP contribution in [0.25, 0.3) is 10.9 Å². The average molecular weight is 311 g/mol. The summed E-state index contributed by atoms with van der Waals surface area (Å²) >= 11 is 1.57. The van der Waals surface area contributed by atoms with Crippen molar-refractivity contribution in [1.29, 1.82) is 0 Å². The summed E-state index contributed by atoms with van der Waals surface area (Å²) < 4.78 is 1.77. The Hall–Kier alpha value is -2.14. The van der Waals surface area contributed by atoms with Crippen molar-refractivity contribution in [2.24, 2.45) is 0 Å². The third-order valence-corrected chi connectivity index (χ3v) is 4.41. The number of fused-ring (bicyclic) bond motifs is 1. The van der Waals surface area contributed by atoms with Gasteiger partial charge >= 0.3 is 0 Å². The predicted molar refractivity (Wildman–Crippen MR) is 90.2 cm³/mol. The van der Waals surface area contributed by atoms with E-state index in [1.165, 1.54) is 0 Å². The average Bonchev–Trinajstić information content (AvgIpc) is 2.53. The van der Waals surface area contributed by atoms with E-state index in [0.29, 0.717) is 5.39 Å². The third-order valence-electron chi connectivity index (χ3n) is 3.38. The Morgan fingerprint density at radius 1 is 1.18 bits per heavy atom. The Bertz CT molecular complexity index is 843. The van der Waals surface area contributed by atoms with Crippen molar-refractivity contribution in [2.75, 3.05) is 0 Å². The molecule has 0 fully saturated rings. The number of nitrogens with zero attached hydrogens (tertiary/aromatic N) is 3. The lowest BCUT2D eigenvalue weighted by Crippen LogP contribution is -2.25. The van der Waals surface area contributed by atoms with Crippen LogP contribution in [0.4, 0.5) is 0 Å². The smallest absolute Gasteiger partial charge is 0.262 e. The van der Waals surface area contributed by atoms with Crippen LogP contribution in [-0.2, 0) is 5.75 Å². The lowest BCUT2D eigenvalue weighted by Gasteiger charge is -2.16. The molecule has 4 nitrogen and oxygen atoms in total. The Morgan fingerprint density at radius 3 is 2.73 bits per heavy atom. The van der Waals surface area contributed by atoms with E-state index in [9.17, 15) is 4.79 Å². The van der Waals surface area contributed by atoms with E-state index in [2.05, 4.69) is 9.97 Å². The van der Waals surface area contributed by atoms with Crippen molar-refractivity contribution in [2.45, 2.75) is 30.8 Å². The second kappa shape index (κ2) is 6.32. The van der Waals surface area contributed by atoms with Gasteiger partial charge in [-0.05, 0) is 37.6 Å². The van der Waals surface area contributed by atoms with Crippen LogP contribution < -0.4 is 5.56 Å². The minimum Gasteiger partial charge on any atom is -0.285 e. The quantitative estimate of drug-likeness (QED) is 0.545. The molecule has 22 heavy (non-hydrogen) atoms. The van der Waals surface area contributed by atoms with E-state index in [1.54, 1.807) is 22.5 Å². The van der Waals surface area contributed by atoms with Gasteiger partial charge in [-0.15, -0.1) is 0 Å². The van der Waals surface area contributed by atoms with Crippen LogP contribution in [0.5, 0.6) is 0 Å². The maximum atomic E-state index is 12.7. The largest absolute Gasteiger partial charge is 0.285 e. The summed E-state index contributed by atoms with van der Waals surface area (Å²) in [6.07, 6.45) is 3.60. The molecule has 0 aliphatic rings. The van der Waals surface area contributed by atoms with Gasteiger partial charge in [-0.1, -0.05) is 30.0 Å². The molecule has 0 atom stereocenters. The Balaban J connectivity index is 2.04. The van der Waals surface area contributed by atoms with Crippen molar-refractivity contribution in [3.05, 3.63) is 64.7 Å². The topological polar surface area (TPSA) is 47.8 Å². The molecule has 0 aliphatic carbocycles. The van der Waals surface area contributed by atoms with E-state index in [0.717, 1.165) is 22.0 Å². The van der Waals surface area contributed by atoms with Crippen molar-refractivity contribution >= 4 is 22.7 Å². The molecule has 0 radical (unpaired) electrons. The second-order valence-electron chi connectivity index (χ2n) is 5.33. The molecular weight excluding hydrogens is 294 g/mol. The molecule has 5 heteroatoms. The molecule has 0 bridgehead atoms. The van der Waals surface area contributed by atoms with E-state index in [-0.39, 0.29) is 11.6 Å². The van der Waals surface area contributed by atoms with Crippen molar-refractivity contribution in [3.63, 3.8) is 0 Å². The first-order valence-electron chi connectivity index (χ1n) is 7.20. The molecule has 0 saturated carbocycles. The second-order valence-corrected chi connectivity index (χ2v) is 6.27. The summed E-state index contributed by atoms with van der Waals surface area (Å²) in [6, 6.07) is 11.5.